The molecule has 2 heterocycles. The second-order valence-corrected chi connectivity index (χ2v) is 5.87. The molecule has 0 N–H and O–H groups in total. The summed E-state index contributed by atoms with van der Waals surface area (Å²) in [6.07, 6.45) is 1.76. The molecule has 3 rings (SSSR count). The predicted octanol–water partition coefficient (Wildman–Crippen LogP) is 2.48. The normalized spacial score (nSPS) is 17.4. The van der Waals surface area contributed by atoms with Crippen molar-refractivity contribution in [3.05, 3.63) is 47.7 Å². The highest BCUT2D eigenvalue weighted by Gasteiger charge is 2.26. The van der Waals surface area contributed by atoms with Crippen molar-refractivity contribution in [1.29, 1.82) is 0 Å². The molecule has 1 aliphatic rings. The van der Waals surface area contributed by atoms with Crippen LogP contribution < -0.4 is 9.47 Å². The zero-order chi connectivity index (χ0) is 16.9. The highest BCUT2D eigenvalue weighted by molar-refractivity contribution is 5.94. The molecule has 6 nitrogen and oxygen atoms in total. The van der Waals surface area contributed by atoms with E-state index in [1.54, 1.807) is 31.4 Å². The van der Waals surface area contributed by atoms with E-state index in [9.17, 15) is 4.79 Å². The van der Waals surface area contributed by atoms with Gasteiger partial charge in [0.2, 0.25) is 5.88 Å². The van der Waals surface area contributed by atoms with Gasteiger partial charge in [-0.2, -0.15) is 5.10 Å². The van der Waals surface area contributed by atoms with E-state index in [1.165, 1.54) is 0 Å². The molecule has 1 saturated heterocycles. The lowest BCUT2D eigenvalue weighted by molar-refractivity contribution is 0.0525. The second-order valence-electron chi connectivity index (χ2n) is 5.87. The standard InChI is InChI=1S/C18H21N3O3/c1-13-5-10-17(20-19-13)24-16-4-3-11-21(12-16)18(22)14-6-8-15(23-2)9-7-14/h5-10,16H,3-4,11-12H2,1-2H3. The fraction of sp³-hybridized carbons (Fsp3) is 0.389. The molecule has 6 heteroatoms. The minimum Gasteiger partial charge on any atom is -0.497 e. The maximum atomic E-state index is 12.6. The number of carbonyl (C=O) groups is 1. The van der Waals surface area contributed by atoms with E-state index in [-0.39, 0.29) is 12.0 Å². The van der Waals surface area contributed by atoms with Crippen molar-refractivity contribution < 1.29 is 14.3 Å². The summed E-state index contributed by atoms with van der Waals surface area (Å²) in [5.41, 5.74) is 1.51. The Labute approximate surface area is 141 Å². The Morgan fingerprint density at radius 3 is 2.62 bits per heavy atom. The first-order valence-electron chi connectivity index (χ1n) is 8.06. The Morgan fingerprint density at radius 2 is 1.96 bits per heavy atom. The highest BCUT2D eigenvalue weighted by Crippen LogP contribution is 2.19. The van der Waals surface area contributed by atoms with Gasteiger partial charge in [0.25, 0.3) is 5.91 Å². The lowest BCUT2D eigenvalue weighted by Crippen LogP contribution is -2.44. The number of rotatable bonds is 4. The molecular formula is C18H21N3O3. The lowest BCUT2D eigenvalue weighted by atomic mass is 10.1. The quantitative estimate of drug-likeness (QED) is 0.863. The molecule has 0 radical (unpaired) electrons. The monoisotopic (exact) mass is 327 g/mol. The molecule has 0 saturated carbocycles. The van der Waals surface area contributed by atoms with Gasteiger partial charge in [0.1, 0.15) is 11.9 Å². The van der Waals surface area contributed by atoms with Crippen molar-refractivity contribution in [2.75, 3.05) is 20.2 Å². The van der Waals surface area contributed by atoms with Gasteiger partial charge in [-0.05, 0) is 50.1 Å². The van der Waals surface area contributed by atoms with Crippen LogP contribution >= 0.6 is 0 Å². The molecule has 1 unspecified atom stereocenters. The Balaban J connectivity index is 1.63. The van der Waals surface area contributed by atoms with Gasteiger partial charge >= 0.3 is 0 Å². The molecule has 2 aromatic rings. The molecule has 0 bridgehead atoms. The van der Waals surface area contributed by atoms with E-state index >= 15 is 0 Å². The number of aryl methyl sites for hydroxylation is 1. The minimum atomic E-state index is -0.0574. The number of piperidine rings is 1. The topological polar surface area (TPSA) is 64.5 Å². The maximum absolute atomic E-state index is 12.6. The largest absolute Gasteiger partial charge is 0.497 e. The second kappa shape index (κ2) is 7.29. The van der Waals surface area contributed by atoms with Crippen molar-refractivity contribution in [2.45, 2.75) is 25.9 Å². The molecule has 1 aliphatic heterocycles. The third-order valence-corrected chi connectivity index (χ3v) is 4.06. The smallest absolute Gasteiger partial charge is 0.253 e. The number of hydrogen-bond acceptors (Lipinski definition) is 5. The van der Waals surface area contributed by atoms with Gasteiger partial charge in [0, 0.05) is 18.2 Å². The number of likely N-dealkylation sites (tertiary alicyclic amines) is 1. The van der Waals surface area contributed by atoms with E-state index in [1.807, 2.05) is 24.0 Å². The van der Waals surface area contributed by atoms with Gasteiger partial charge < -0.3 is 14.4 Å². The molecule has 1 amide bonds. The molecule has 0 spiro atoms. The number of methoxy groups -OCH3 is 1. The molecule has 1 atom stereocenters. The number of aromatic nitrogens is 2. The fourth-order valence-corrected chi connectivity index (χ4v) is 2.76. The van der Waals surface area contributed by atoms with Crippen molar-refractivity contribution in [2.24, 2.45) is 0 Å². The molecule has 1 aromatic carbocycles. The minimum absolute atomic E-state index is 0.0148. The van der Waals surface area contributed by atoms with Crippen LogP contribution in [0.2, 0.25) is 0 Å². The van der Waals surface area contributed by atoms with Gasteiger partial charge in [0.15, 0.2) is 0 Å². The van der Waals surface area contributed by atoms with Crippen molar-refractivity contribution in [1.82, 2.24) is 15.1 Å². The summed E-state index contributed by atoms with van der Waals surface area (Å²) in [7, 11) is 1.61. The van der Waals surface area contributed by atoms with E-state index in [4.69, 9.17) is 9.47 Å². The van der Waals surface area contributed by atoms with Crippen LogP contribution in [0.4, 0.5) is 0 Å². The third kappa shape index (κ3) is 3.82. The van der Waals surface area contributed by atoms with Gasteiger partial charge in [-0.25, -0.2) is 0 Å². The zero-order valence-corrected chi connectivity index (χ0v) is 13.9. The Kier molecular flexibility index (Phi) is 4.93. The maximum Gasteiger partial charge on any atom is 0.253 e. The number of benzene rings is 1. The van der Waals surface area contributed by atoms with Crippen LogP contribution in [0.1, 0.15) is 28.9 Å². The van der Waals surface area contributed by atoms with Crippen LogP contribution in [-0.4, -0.2) is 47.3 Å². The molecular weight excluding hydrogens is 306 g/mol. The SMILES string of the molecule is COc1ccc(C(=O)N2CCCC(Oc3ccc(C)nn3)C2)cc1. The Bertz CT molecular complexity index is 686. The number of amides is 1. The average molecular weight is 327 g/mol. The third-order valence-electron chi connectivity index (χ3n) is 4.06. The van der Waals surface area contributed by atoms with E-state index in [2.05, 4.69) is 10.2 Å². The first kappa shape index (κ1) is 16.2. The fourth-order valence-electron chi connectivity index (χ4n) is 2.76. The van der Waals surface area contributed by atoms with Crippen molar-refractivity contribution >= 4 is 5.91 Å². The Hall–Kier alpha value is -2.63. The number of ether oxygens (including phenoxy) is 2. The summed E-state index contributed by atoms with van der Waals surface area (Å²) in [5.74, 6) is 1.26. The average Bonchev–Trinajstić information content (AvgIpc) is 2.63. The molecule has 1 fully saturated rings. The van der Waals surface area contributed by atoms with Crippen LogP contribution in [0, 0.1) is 6.92 Å². The van der Waals surface area contributed by atoms with Crippen molar-refractivity contribution in [3.8, 4) is 11.6 Å². The van der Waals surface area contributed by atoms with Crippen molar-refractivity contribution in [3.63, 3.8) is 0 Å². The summed E-state index contributed by atoms with van der Waals surface area (Å²) < 4.78 is 11.0. The molecule has 1 aromatic heterocycles. The number of nitrogens with zero attached hydrogens (tertiary/aromatic N) is 3. The van der Waals surface area contributed by atoms with Gasteiger partial charge in [0.05, 0.1) is 19.3 Å². The van der Waals surface area contributed by atoms with E-state index < -0.39 is 0 Å². The summed E-state index contributed by atoms with van der Waals surface area (Å²) in [6.45, 7) is 3.18. The molecule has 126 valence electrons. The Morgan fingerprint density at radius 1 is 1.17 bits per heavy atom. The lowest BCUT2D eigenvalue weighted by Gasteiger charge is -2.32. The molecule has 24 heavy (non-hydrogen) atoms. The summed E-state index contributed by atoms with van der Waals surface area (Å²) in [6, 6.07) is 10.9. The first-order valence-corrected chi connectivity index (χ1v) is 8.06. The first-order chi connectivity index (χ1) is 11.7. The van der Waals surface area contributed by atoms with Crippen LogP contribution in [0.15, 0.2) is 36.4 Å². The van der Waals surface area contributed by atoms with Gasteiger partial charge in [-0.15, -0.1) is 5.10 Å². The number of hydrogen-bond donors (Lipinski definition) is 0. The molecule has 0 aliphatic carbocycles. The van der Waals surface area contributed by atoms with Crippen LogP contribution in [0.5, 0.6) is 11.6 Å². The predicted molar refractivity (Wildman–Crippen MR) is 89.3 cm³/mol. The summed E-state index contributed by atoms with van der Waals surface area (Å²) in [4.78, 5) is 14.5. The van der Waals surface area contributed by atoms with Gasteiger partial charge in [-0.1, -0.05) is 0 Å². The highest BCUT2D eigenvalue weighted by atomic mass is 16.5. The van der Waals surface area contributed by atoms with Gasteiger partial charge in [-0.3, -0.25) is 4.79 Å². The van der Waals surface area contributed by atoms with Crippen LogP contribution in [0.3, 0.4) is 0 Å². The summed E-state index contributed by atoms with van der Waals surface area (Å²) in [5, 5.41) is 8.03. The zero-order valence-electron chi connectivity index (χ0n) is 13.9. The number of carbonyl (C=O) groups excluding carboxylic acids is 1. The van der Waals surface area contributed by atoms with Crippen LogP contribution in [-0.2, 0) is 0 Å². The summed E-state index contributed by atoms with van der Waals surface area (Å²) >= 11 is 0. The van der Waals surface area contributed by atoms with Crippen LogP contribution in [0.25, 0.3) is 0 Å². The van der Waals surface area contributed by atoms with E-state index in [0.29, 0.717) is 18.0 Å². The van der Waals surface area contributed by atoms with E-state index in [0.717, 1.165) is 30.8 Å².